The molecule has 31 heavy (non-hydrogen) atoms. The van der Waals surface area contributed by atoms with Gasteiger partial charge in [-0.2, -0.15) is 8.42 Å². The van der Waals surface area contributed by atoms with E-state index in [2.05, 4.69) is 5.32 Å². The maximum Gasteiger partial charge on any atom is 0.333 e. The summed E-state index contributed by atoms with van der Waals surface area (Å²) < 4.78 is 36.3. The summed E-state index contributed by atoms with van der Waals surface area (Å²) in [5.74, 6) is -3.13. The zero-order valence-electron chi connectivity index (χ0n) is 18.6. The molecule has 0 aromatic carbocycles. The summed E-state index contributed by atoms with van der Waals surface area (Å²) in [6.45, 7) is 5.38. The molecule has 1 saturated carbocycles. The first-order valence-electron chi connectivity index (χ1n) is 10.5. The van der Waals surface area contributed by atoms with Crippen molar-refractivity contribution in [2.24, 2.45) is 11.3 Å². The number of aliphatic carboxylic acids is 1. The molecule has 11 heteroatoms. The number of carbonyl (C=O) groups is 3. The van der Waals surface area contributed by atoms with Crippen molar-refractivity contribution in [1.82, 2.24) is 5.32 Å². The SMILES string of the molecule is CC(=O)NCCCS(=O)(=O)OC(C(OC(C)=O)C1CCCCC1)C(C)(C)[C@@H](O)C(=O)O. The van der Waals surface area contributed by atoms with E-state index in [1.54, 1.807) is 0 Å². The first kappa shape index (κ1) is 27.3. The van der Waals surface area contributed by atoms with Gasteiger partial charge < -0.3 is 20.3 Å². The number of amides is 1. The van der Waals surface area contributed by atoms with Crippen LogP contribution in [0.5, 0.6) is 0 Å². The third-order valence-corrected chi connectivity index (χ3v) is 6.87. The predicted molar refractivity (Wildman–Crippen MR) is 112 cm³/mol. The highest BCUT2D eigenvalue weighted by atomic mass is 32.2. The summed E-state index contributed by atoms with van der Waals surface area (Å²) in [5.41, 5.74) is -1.59. The Labute approximate surface area is 183 Å². The van der Waals surface area contributed by atoms with Gasteiger partial charge in [-0.15, -0.1) is 0 Å². The number of ether oxygens (including phenoxy) is 1. The molecule has 3 N–H and O–H groups in total. The lowest BCUT2D eigenvalue weighted by Crippen LogP contribution is -2.55. The number of aliphatic hydroxyl groups is 1. The van der Waals surface area contributed by atoms with Crippen LogP contribution < -0.4 is 5.32 Å². The minimum Gasteiger partial charge on any atom is -0.479 e. The highest BCUT2D eigenvalue weighted by Gasteiger charge is 2.50. The van der Waals surface area contributed by atoms with Crippen LogP contribution in [0, 0.1) is 11.3 Å². The molecule has 0 saturated heterocycles. The van der Waals surface area contributed by atoms with E-state index in [-0.39, 0.29) is 24.8 Å². The number of carbonyl (C=O) groups excluding carboxylic acids is 2. The molecule has 1 aliphatic carbocycles. The Morgan fingerprint density at radius 3 is 2.19 bits per heavy atom. The minimum atomic E-state index is -4.19. The number of hydrogen-bond donors (Lipinski definition) is 3. The third kappa shape index (κ3) is 8.74. The van der Waals surface area contributed by atoms with Gasteiger partial charge in [0.15, 0.2) is 6.10 Å². The Kier molecular flexibility index (Phi) is 10.4. The number of nitrogens with one attached hydrogen (secondary N) is 1. The first-order valence-corrected chi connectivity index (χ1v) is 12.1. The average molecular weight is 466 g/mol. The molecule has 0 radical (unpaired) electrons. The van der Waals surface area contributed by atoms with Gasteiger partial charge in [0.25, 0.3) is 10.1 Å². The van der Waals surface area contributed by atoms with Crippen LogP contribution in [0.2, 0.25) is 0 Å². The summed E-state index contributed by atoms with van der Waals surface area (Å²) in [7, 11) is -4.19. The Balaban J connectivity index is 3.23. The van der Waals surface area contributed by atoms with E-state index in [4.69, 9.17) is 8.92 Å². The highest BCUT2D eigenvalue weighted by Crippen LogP contribution is 2.39. The second-order valence-electron chi connectivity index (χ2n) is 8.65. The van der Waals surface area contributed by atoms with Crippen LogP contribution in [0.1, 0.15) is 66.2 Å². The lowest BCUT2D eigenvalue weighted by Gasteiger charge is -2.43. The largest absolute Gasteiger partial charge is 0.479 e. The van der Waals surface area contributed by atoms with Gasteiger partial charge in [-0.25, -0.2) is 4.79 Å². The molecule has 0 bridgehead atoms. The fraction of sp³-hybridized carbons (Fsp3) is 0.850. The Morgan fingerprint density at radius 1 is 1.13 bits per heavy atom. The van der Waals surface area contributed by atoms with Gasteiger partial charge >= 0.3 is 11.9 Å². The summed E-state index contributed by atoms with van der Waals surface area (Å²) in [6, 6.07) is 0. The molecule has 2 unspecified atom stereocenters. The standard InChI is InChI=1S/C20H35NO9S/c1-13(22)21-11-8-12-31(27,28)30-18(20(3,4)17(24)19(25)26)16(29-14(2)23)15-9-6-5-7-10-15/h15-18,24H,5-12H2,1-4H3,(H,21,22)(H,25,26)/t16?,17-,18?/m0/s1. The van der Waals surface area contributed by atoms with E-state index in [0.717, 1.165) is 19.3 Å². The van der Waals surface area contributed by atoms with Crippen molar-refractivity contribution in [1.29, 1.82) is 0 Å². The average Bonchev–Trinajstić information content (AvgIpc) is 2.67. The van der Waals surface area contributed by atoms with Crippen LogP contribution in [-0.4, -0.2) is 67.1 Å². The molecule has 180 valence electrons. The Bertz CT molecular complexity index is 729. The molecule has 1 amide bonds. The van der Waals surface area contributed by atoms with Gasteiger partial charge in [0.2, 0.25) is 5.91 Å². The molecule has 0 aliphatic heterocycles. The van der Waals surface area contributed by atoms with Crippen molar-refractivity contribution < 1.29 is 41.9 Å². The van der Waals surface area contributed by atoms with E-state index < -0.39 is 51.5 Å². The molecule has 10 nitrogen and oxygen atoms in total. The molecule has 0 heterocycles. The zero-order chi connectivity index (χ0) is 23.8. The minimum absolute atomic E-state index is 0.0816. The second kappa shape index (κ2) is 11.8. The smallest absolute Gasteiger partial charge is 0.333 e. The zero-order valence-corrected chi connectivity index (χ0v) is 19.4. The number of aliphatic hydroxyl groups excluding tert-OH is 1. The summed E-state index contributed by atoms with van der Waals surface area (Å²) >= 11 is 0. The molecule has 0 aromatic rings. The van der Waals surface area contributed by atoms with Gasteiger partial charge in [-0.3, -0.25) is 13.8 Å². The topological polar surface area (TPSA) is 156 Å². The molecule has 3 atom stereocenters. The lowest BCUT2D eigenvalue weighted by atomic mass is 9.72. The third-order valence-electron chi connectivity index (χ3n) is 5.58. The molecular formula is C20H35NO9S. The Morgan fingerprint density at radius 2 is 1.71 bits per heavy atom. The summed E-state index contributed by atoms with van der Waals surface area (Å²) in [5, 5.41) is 22.2. The van der Waals surface area contributed by atoms with Crippen LogP contribution in [-0.2, 0) is 33.4 Å². The van der Waals surface area contributed by atoms with Crippen LogP contribution >= 0.6 is 0 Å². The fourth-order valence-corrected chi connectivity index (χ4v) is 5.12. The molecule has 1 aliphatic rings. The highest BCUT2D eigenvalue weighted by molar-refractivity contribution is 7.86. The van der Waals surface area contributed by atoms with E-state index in [0.29, 0.717) is 12.8 Å². The van der Waals surface area contributed by atoms with Crippen LogP contribution in [0.25, 0.3) is 0 Å². The van der Waals surface area contributed by atoms with Crippen LogP contribution in [0.4, 0.5) is 0 Å². The number of carboxylic acids is 1. The quantitative estimate of drug-likeness (QED) is 0.219. The number of carboxylic acid groups (broad SMARTS) is 1. The van der Waals surface area contributed by atoms with Crippen molar-refractivity contribution in [2.75, 3.05) is 12.3 Å². The van der Waals surface area contributed by atoms with Crippen molar-refractivity contribution in [3.05, 3.63) is 0 Å². The van der Waals surface area contributed by atoms with E-state index in [1.165, 1.54) is 27.7 Å². The van der Waals surface area contributed by atoms with Gasteiger partial charge in [0.05, 0.1) is 5.75 Å². The normalized spacial score (nSPS) is 18.6. The molecule has 1 rings (SSSR count). The van der Waals surface area contributed by atoms with Gasteiger partial charge in [0.1, 0.15) is 12.2 Å². The van der Waals surface area contributed by atoms with E-state index >= 15 is 0 Å². The molecule has 1 fully saturated rings. The fourth-order valence-electron chi connectivity index (χ4n) is 3.85. The van der Waals surface area contributed by atoms with Crippen LogP contribution in [0.3, 0.4) is 0 Å². The summed E-state index contributed by atoms with van der Waals surface area (Å²) in [4.78, 5) is 34.3. The van der Waals surface area contributed by atoms with Crippen molar-refractivity contribution in [3.8, 4) is 0 Å². The van der Waals surface area contributed by atoms with Crippen molar-refractivity contribution in [2.45, 2.75) is 84.5 Å². The van der Waals surface area contributed by atoms with Gasteiger partial charge in [0, 0.05) is 25.8 Å². The first-order chi connectivity index (χ1) is 14.3. The van der Waals surface area contributed by atoms with Crippen molar-refractivity contribution in [3.63, 3.8) is 0 Å². The second-order valence-corrected chi connectivity index (χ2v) is 10.4. The van der Waals surface area contributed by atoms with Gasteiger partial charge in [-0.1, -0.05) is 33.1 Å². The van der Waals surface area contributed by atoms with Crippen molar-refractivity contribution >= 4 is 28.0 Å². The summed E-state index contributed by atoms with van der Waals surface area (Å²) in [6.07, 6.45) is -0.257. The molecular weight excluding hydrogens is 430 g/mol. The lowest BCUT2D eigenvalue weighted by molar-refractivity contribution is -0.176. The maximum absolute atomic E-state index is 12.7. The number of esters is 1. The van der Waals surface area contributed by atoms with E-state index in [9.17, 15) is 33.0 Å². The molecule has 0 aromatic heterocycles. The molecule has 0 spiro atoms. The van der Waals surface area contributed by atoms with Crippen LogP contribution in [0.15, 0.2) is 0 Å². The maximum atomic E-state index is 12.7. The predicted octanol–water partition coefficient (Wildman–Crippen LogP) is 1.21. The number of rotatable bonds is 12. The van der Waals surface area contributed by atoms with Gasteiger partial charge in [-0.05, 0) is 25.2 Å². The van der Waals surface area contributed by atoms with E-state index in [1.807, 2.05) is 0 Å². The number of hydrogen-bond acceptors (Lipinski definition) is 8. The monoisotopic (exact) mass is 465 g/mol. The Hall–Kier alpha value is -1.72.